The molecule has 21 heteroatoms. The Balaban J connectivity index is 0.000000487. The summed E-state index contributed by atoms with van der Waals surface area (Å²) in [5.41, 5.74) is 5.04. The van der Waals surface area contributed by atoms with Crippen molar-refractivity contribution in [3.63, 3.8) is 0 Å². The SMILES string of the molecule is CC(C)(C)OC(=O)NCCCC[C@H](N)C(=O)N1CCC[C@H]1C(=O)O.CC(COC(=O)N[C@@H](CCCCNC(=O)OC(C)(C)C)C(=O)N1CCC[C@H]1C(=O)O)c1ccccc1[N+](=O)[O-]. The highest BCUT2D eigenvalue weighted by atomic mass is 16.6. The van der Waals surface area contributed by atoms with E-state index in [0.29, 0.717) is 76.4 Å². The number of para-hydroxylation sites is 1. The summed E-state index contributed by atoms with van der Waals surface area (Å²) in [5, 5.41) is 37.7. The predicted molar refractivity (Wildman–Crippen MR) is 229 cm³/mol. The molecular formula is C42H67N7O14. The van der Waals surface area contributed by atoms with Gasteiger partial charge in [0.2, 0.25) is 11.8 Å². The largest absolute Gasteiger partial charge is 0.480 e. The van der Waals surface area contributed by atoms with Crippen LogP contribution < -0.4 is 21.7 Å². The second-order valence-electron chi connectivity index (χ2n) is 17.5. The normalized spacial score (nSPS) is 17.5. The molecule has 2 fully saturated rings. The van der Waals surface area contributed by atoms with E-state index in [1.54, 1.807) is 66.7 Å². The highest BCUT2D eigenvalue weighted by molar-refractivity contribution is 5.90. The van der Waals surface area contributed by atoms with Crippen LogP contribution >= 0.6 is 0 Å². The molecule has 0 bridgehead atoms. The highest BCUT2D eigenvalue weighted by Crippen LogP contribution is 2.27. The molecule has 2 heterocycles. The number of carbonyl (C=O) groups is 7. The number of ether oxygens (including phenoxy) is 3. The van der Waals surface area contributed by atoms with Gasteiger partial charge in [-0.25, -0.2) is 24.0 Å². The van der Waals surface area contributed by atoms with Crippen molar-refractivity contribution in [3.05, 3.63) is 39.9 Å². The lowest BCUT2D eigenvalue weighted by molar-refractivity contribution is -0.385. The number of nitro groups is 1. The van der Waals surface area contributed by atoms with Gasteiger partial charge in [-0.05, 0) is 106 Å². The maximum absolute atomic E-state index is 13.2. The maximum atomic E-state index is 13.2. The number of rotatable bonds is 19. The fraction of sp³-hybridized carbons (Fsp3) is 0.690. The number of alkyl carbamates (subject to hydrolysis) is 3. The van der Waals surface area contributed by atoms with Gasteiger partial charge in [-0.1, -0.05) is 25.1 Å². The van der Waals surface area contributed by atoms with Crippen LogP contribution in [0.1, 0.15) is 124 Å². The number of hydrogen-bond acceptors (Lipinski definition) is 13. The number of nitro benzene ring substituents is 1. The zero-order valence-electron chi connectivity index (χ0n) is 37.5. The molecule has 0 spiro atoms. The summed E-state index contributed by atoms with van der Waals surface area (Å²) in [6.45, 7) is 13.6. The maximum Gasteiger partial charge on any atom is 0.407 e. The van der Waals surface area contributed by atoms with Gasteiger partial charge >= 0.3 is 30.2 Å². The Morgan fingerprint density at radius 1 is 0.778 bits per heavy atom. The van der Waals surface area contributed by atoms with E-state index in [1.165, 1.54) is 15.9 Å². The standard InChI is InChI=1S/C26H38N4O9.C16H29N3O5/c1-17(18-10-5-6-12-20(18)30(36)37)16-38-25(35)28-19(22(31)29-15-9-13-21(29)23(32)33)11-7-8-14-27-24(34)39-26(2,3)4;1-16(2,3)24-15(23)18-9-5-4-7-11(17)13(20)19-10-6-8-12(19)14(21)22/h5-6,10,12,17,19,21H,7-9,11,13-16H2,1-4H3,(H,27,34)(H,28,35)(H,32,33);11-12H,4-10,17H2,1-3H3,(H,18,23)(H,21,22)/t17?,19-,21-;11-,12-/m00/s1. The molecule has 1 aromatic rings. The highest BCUT2D eigenvalue weighted by Gasteiger charge is 2.38. The summed E-state index contributed by atoms with van der Waals surface area (Å²) in [5.74, 6) is -3.40. The van der Waals surface area contributed by atoms with Gasteiger partial charge in [0.15, 0.2) is 0 Å². The van der Waals surface area contributed by atoms with Crippen molar-refractivity contribution < 1.29 is 62.9 Å². The van der Waals surface area contributed by atoms with E-state index < -0.39 is 82.3 Å². The second kappa shape index (κ2) is 25.4. The molecule has 2 aliphatic rings. The predicted octanol–water partition coefficient (Wildman–Crippen LogP) is 4.65. The quantitative estimate of drug-likeness (QED) is 0.0477. The van der Waals surface area contributed by atoms with Crippen LogP contribution in [0.15, 0.2) is 24.3 Å². The van der Waals surface area contributed by atoms with E-state index in [9.17, 15) is 48.8 Å². The van der Waals surface area contributed by atoms with Crippen molar-refractivity contribution in [1.82, 2.24) is 25.8 Å². The van der Waals surface area contributed by atoms with Gasteiger partial charge in [0, 0.05) is 43.7 Å². The van der Waals surface area contributed by atoms with Gasteiger partial charge < -0.3 is 55.9 Å². The van der Waals surface area contributed by atoms with Gasteiger partial charge in [-0.2, -0.15) is 0 Å². The monoisotopic (exact) mass is 893 g/mol. The van der Waals surface area contributed by atoms with Crippen LogP contribution in [0.2, 0.25) is 0 Å². The fourth-order valence-corrected chi connectivity index (χ4v) is 6.89. The molecule has 2 aliphatic heterocycles. The Morgan fingerprint density at radius 3 is 1.73 bits per heavy atom. The Labute approximate surface area is 368 Å². The summed E-state index contributed by atoms with van der Waals surface area (Å²) in [6.07, 6.45) is 3.00. The molecule has 1 aromatic carbocycles. The summed E-state index contributed by atoms with van der Waals surface area (Å²) in [7, 11) is 0. The minimum absolute atomic E-state index is 0.0872. The van der Waals surface area contributed by atoms with Crippen LogP contribution in [0.3, 0.4) is 0 Å². The van der Waals surface area contributed by atoms with E-state index >= 15 is 0 Å². The van der Waals surface area contributed by atoms with E-state index in [1.807, 2.05) is 0 Å². The number of hydrogen-bond donors (Lipinski definition) is 6. The first-order valence-corrected chi connectivity index (χ1v) is 21.3. The number of unbranched alkanes of at least 4 members (excludes halogenated alkanes) is 2. The summed E-state index contributed by atoms with van der Waals surface area (Å²) in [4.78, 5) is 97.5. The summed E-state index contributed by atoms with van der Waals surface area (Å²) in [6, 6.07) is 2.69. The van der Waals surface area contributed by atoms with Crippen molar-refractivity contribution in [2.75, 3.05) is 32.8 Å². The average Bonchev–Trinajstić information content (AvgIpc) is 3.89. The number of carbonyl (C=O) groups excluding carboxylic acids is 5. The zero-order valence-corrected chi connectivity index (χ0v) is 37.5. The van der Waals surface area contributed by atoms with Crippen LogP contribution in [0.4, 0.5) is 20.1 Å². The Kier molecular flexibility index (Phi) is 21.5. The number of likely N-dealkylation sites (tertiary alicyclic amines) is 2. The molecule has 63 heavy (non-hydrogen) atoms. The Bertz CT molecular complexity index is 1730. The molecule has 354 valence electrons. The smallest absolute Gasteiger partial charge is 0.407 e. The van der Waals surface area contributed by atoms with E-state index in [0.717, 1.165) is 0 Å². The topological polar surface area (TPSA) is 299 Å². The average molecular weight is 894 g/mol. The molecular weight excluding hydrogens is 826 g/mol. The molecule has 7 N–H and O–H groups in total. The number of benzene rings is 1. The van der Waals surface area contributed by atoms with Crippen LogP contribution in [0.5, 0.6) is 0 Å². The molecule has 5 atom stereocenters. The lowest BCUT2D eigenvalue weighted by atomic mass is 10.0. The lowest BCUT2D eigenvalue weighted by Gasteiger charge is -2.27. The molecule has 1 unspecified atom stereocenters. The first kappa shape index (κ1) is 53.4. The van der Waals surface area contributed by atoms with E-state index in [2.05, 4.69) is 16.0 Å². The minimum Gasteiger partial charge on any atom is -0.480 e. The van der Waals surface area contributed by atoms with Crippen molar-refractivity contribution in [2.24, 2.45) is 5.73 Å². The molecule has 2 saturated heterocycles. The minimum atomic E-state index is -1.11. The zero-order chi connectivity index (χ0) is 47.5. The van der Waals surface area contributed by atoms with E-state index in [-0.39, 0.29) is 37.7 Å². The third-order valence-electron chi connectivity index (χ3n) is 9.88. The second-order valence-corrected chi connectivity index (χ2v) is 17.5. The van der Waals surface area contributed by atoms with Crippen molar-refractivity contribution in [3.8, 4) is 0 Å². The fourth-order valence-electron chi connectivity index (χ4n) is 6.89. The third kappa shape index (κ3) is 19.5. The summed E-state index contributed by atoms with van der Waals surface area (Å²) >= 11 is 0. The number of nitrogens with two attached hydrogens (primary N) is 1. The van der Waals surface area contributed by atoms with Crippen LogP contribution in [-0.4, -0.2) is 135 Å². The molecule has 0 saturated carbocycles. The van der Waals surface area contributed by atoms with E-state index in [4.69, 9.17) is 25.1 Å². The summed E-state index contributed by atoms with van der Waals surface area (Å²) < 4.78 is 15.6. The molecule has 0 aliphatic carbocycles. The lowest BCUT2D eigenvalue weighted by Crippen LogP contribution is -2.51. The van der Waals surface area contributed by atoms with Crippen LogP contribution in [0.25, 0.3) is 0 Å². The Hall–Kier alpha value is -5.73. The molecule has 5 amide bonds. The van der Waals surface area contributed by atoms with Gasteiger partial charge in [-0.15, -0.1) is 0 Å². The molecule has 3 rings (SSSR count). The number of carboxylic acid groups (broad SMARTS) is 2. The molecule has 0 radical (unpaired) electrons. The number of aliphatic carboxylic acids is 2. The number of carboxylic acids is 2. The molecule has 21 nitrogen and oxygen atoms in total. The van der Waals surface area contributed by atoms with Crippen molar-refractivity contribution in [2.45, 2.75) is 154 Å². The van der Waals surface area contributed by atoms with Crippen LogP contribution in [0, 0.1) is 10.1 Å². The first-order valence-electron chi connectivity index (χ1n) is 21.3. The van der Waals surface area contributed by atoms with Gasteiger partial charge in [0.1, 0.15) is 35.9 Å². The van der Waals surface area contributed by atoms with Gasteiger partial charge in [0.05, 0.1) is 11.0 Å². The first-order chi connectivity index (χ1) is 29.4. The van der Waals surface area contributed by atoms with Gasteiger partial charge in [0.25, 0.3) is 5.69 Å². The van der Waals surface area contributed by atoms with Crippen LogP contribution in [-0.2, 0) is 33.4 Å². The Morgan fingerprint density at radius 2 is 1.25 bits per heavy atom. The number of nitrogens with zero attached hydrogens (tertiary/aromatic N) is 3. The number of amides is 5. The molecule has 0 aromatic heterocycles. The third-order valence-corrected chi connectivity index (χ3v) is 9.88. The van der Waals surface area contributed by atoms with Crippen molar-refractivity contribution in [1.29, 1.82) is 0 Å². The number of nitrogens with one attached hydrogen (secondary N) is 3. The van der Waals surface area contributed by atoms with Crippen molar-refractivity contribution >= 4 is 47.7 Å². The van der Waals surface area contributed by atoms with Gasteiger partial charge in [-0.3, -0.25) is 19.7 Å².